The number of nitrogens with zero attached hydrogens (tertiary/aromatic N) is 1. The summed E-state index contributed by atoms with van der Waals surface area (Å²) in [6.45, 7) is 0.651. The highest BCUT2D eigenvalue weighted by Crippen LogP contribution is 2.20. The van der Waals surface area contributed by atoms with E-state index in [0.717, 1.165) is 25.7 Å². The highest BCUT2D eigenvalue weighted by Gasteiger charge is 2.29. The summed E-state index contributed by atoms with van der Waals surface area (Å²) in [6.07, 6.45) is 3.78. The number of hydrogen-bond acceptors (Lipinski definition) is 3. The first kappa shape index (κ1) is 13.8. The smallest absolute Gasteiger partial charge is 0.178 e. The summed E-state index contributed by atoms with van der Waals surface area (Å²) in [5.74, 6) is -0.528. The van der Waals surface area contributed by atoms with E-state index in [0.29, 0.717) is 13.0 Å². The Hall–Kier alpha value is -1.66. The van der Waals surface area contributed by atoms with Gasteiger partial charge in [0.25, 0.3) is 0 Å². The van der Waals surface area contributed by atoms with Crippen LogP contribution in [0.15, 0.2) is 30.3 Å². The van der Waals surface area contributed by atoms with Gasteiger partial charge in [-0.25, -0.2) is 0 Å². The molecule has 0 amide bonds. The minimum absolute atomic E-state index is 0.0203. The molecule has 0 aromatic heterocycles. The fourth-order valence-electron chi connectivity index (χ4n) is 2.45. The Morgan fingerprint density at radius 3 is 2.84 bits per heavy atom. The van der Waals surface area contributed by atoms with Gasteiger partial charge in [-0.2, -0.15) is 5.26 Å². The van der Waals surface area contributed by atoms with Crippen LogP contribution in [0.3, 0.4) is 0 Å². The summed E-state index contributed by atoms with van der Waals surface area (Å²) in [5, 5.41) is 9.13. The number of rotatable bonds is 6. The van der Waals surface area contributed by atoms with Crippen molar-refractivity contribution in [2.75, 3.05) is 6.61 Å². The Morgan fingerprint density at radius 2 is 2.21 bits per heavy atom. The van der Waals surface area contributed by atoms with E-state index in [1.807, 2.05) is 18.2 Å². The molecule has 100 valence electrons. The number of benzene rings is 1. The molecule has 1 heterocycles. The normalized spacial score (nSPS) is 19.8. The molecule has 0 aliphatic carbocycles. The van der Waals surface area contributed by atoms with Gasteiger partial charge in [0.2, 0.25) is 0 Å². The van der Waals surface area contributed by atoms with Gasteiger partial charge in [0.15, 0.2) is 5.78 Å². The number of nitriles is 1. The van der Waals surface area contributed by atoms with Gasteiger partial charge in [0.1, 0.15) is 12.0 Å². The maximum Gasteiger partial charge on any atom is 0.178 e. The summed E-state index contributed by atoms with van der Waals surface area (Å²) < 4.78 is 5.36. The van der Waals surface area contributed by atoms with Crippen LogP contribution in [0.1, 0.15) is 31.2 Å². The molecule has 1 aliphatic rings. The van der Waals surface area contributed by atoms with Crippen molar-refractivity contribution in [1.82, 2.24) is 0 Å². The molecule has 0 radical (unpaired) electrons. The van der Waals surface area contributed by atoms with Crippen molar-refractivity contribution in [2.45, 2.75) is 38.2 Å². The lowest BCUT2D eigenvalue weighted by molar-refractivity contribution is -0.130. The molecule has 1 aliphatic heterocycles. The SMILES string of the molecule is N#CC(CCCc1ccccc1)C(=O)C1CCCO1. The Kier molecular flexibility index (Phi) is 5.11. The Balaban J connectivity index is 1.79. The van der Waals surface area contributed by atoms with Gasteiger partial charge in [-0.1, -0.05) is 30.3 Å². The van der Waals surface area contributed by atoms with Gasteiger partial charge in [0, 0.05) is 6.61 Å². The molecule has 1 aromatic carbocycles. The minimum Gasteiger partial charge on any atom is -0.370 e. The number of carbonyl (C=O) groups excluding carboxylic acids is 1. The van der Waals surface area contributed by atoms with Crippen molar-refractivity contribution in [3.8, 4) is 6.07 Å². The summed E-state index contributed by atoms with van der Waals surface area (Å²) in [4.78, 5) is 12.1. The zero-order valence-corrected chi connectivity index (χ0v) is 11.0. The van der Waals surface area contributed by atoms with E-state index in [4.69, 9.17) is 10.00 Å². The fourth-order valence-corrected chi connectivity index (χ4v) is 2.45. The van der Waals surface area contributed by atoms with Crippen LogP contribution < -0.4 is 0 Å². The van der Waals surface area contributed by atoms with Gasteiger partial charge < -0.3 is 4.74 Å². The van der Waals surface area contributed by atoms with E-state index in [2.05, 4.69) is 18.2 Å². The molecule has 0 bridgehead atoms. The third kappa shape index (κ3) is 3.90. The summed E-state index contributed by atoms with van der Waals surface area (Å²) in [6, 6.07) is 12.3. The van der Waals surface area contributed by atoms with Crippen LogP contribution in [0.25, 0.3) is 0 Å². The van der Waals surface area contributed by atoms with Crippen molar-refractivity contribution in [3.05, 3.63) is 35.9 Å². The predicted molar refractivity (Wildman–Crippen MR) is 72.5 cm³/mol. The van der Waals surface area contributed by atoms with E-state index in [-0.39, 0.29) is 11.9 Å². The third-order valence-electron chi connectivity index (χ3n) is 3.55. The van der Waals surface area contributed by atoms with Crippen LogP contribution in [0.4, 0.5) is 0 Å². The van der Waals surface area contributed by atoms with Crippen LogP contribution in [0.5, 0.6) is 0 Å². The van der Waals surface area contributed by atoms with Crippen molar-refractivity contribution < 1.29 is 9.53 Å². The molecule has 19 heavy (non-hydrogen) atoms. The predicted octanol–water partition coefficient (Wildman–Crippen LogP) is 2.90. The van der Waals surface area contributed by atoms with Gasteiger partial charge in [-0.3, -0.25) is 4.79 Å². The quantitative estimate of drug-likeness (QED) is 0.787. The lowest BCUT2D eigenvalue weighted by Crippen LogP contribution is -2.26. The maximum absolute atomic E-state index is 12.1. The fraction of sp³-hybridized carbons (Fsp3) is 0.500. The lowest BCUT2D eigenvalue weighted by atomic mass is 9.93. The minimum atomic E-state index is -0.508. The molecule has 0 N–H and O–H groups in total. The van der Waals surface area contributed by atoms with Gasteiger partial charge in [-0.05, 0) is 37.7 Å². The molecule has 2 rings (SSSR count). The number of ether oxygens (including phenoxy) is 1. The molecule has 2 atom stereocenters. The number of ketones is 1. The zero-order chi connectivity index (χ0) is 13.5. The maximum atomic E-state index is 12.1. The molecule has 1 fully saturated rings. The van der Waals surface area contributed by atoms with Crippen molar-refractivity contribution in [2.24, 2.45) is 5.92 Å². The van der Waals surface area contributed by atoms with Gasteiger partial charge in [0.05, 0.1) is 6.07 Å². The van der Waals surface area contributed by atoms with Gasteiger partial charge >= 0.3 is 0 Å². The molecule has 0 saturated carbocycles. The van der Waals surface area contributed by atoms with Crippen molar-refractivity contribution in [1.29, 1.82) is 5.26 Å². The first-order chi connectivity index (χ1) is 9.31. The van der Waals surface area contributed by atoms with Crippen molar-refractivity contribution >= 4 is 5.78 Å². The molecular formula is C16H19NO2. The first-order valence-corrected chi connectivity index (χ1v) is 6.90. The second kappa shape index (κ2) is 7.06. The van der Waals surface area contributed by atoms with Crippen LogP contribution in [-0.2, 0) is 16.0 Å². The third-order valence-corrected chi connectivity index (χ3v) is 3.55. The summed E-state index contributed by atoms with van der Waals surface area (Å²) in [7, 11) is 0. The van der Waals surface area contributed by atoms with E-state index >= 15 is 0 Å². The van der Waals surface area contributed by atoms with Crippen LogP contribution in [0, 0.1) is 17.2 Å². The number of aryl methyl sites for hydroxylation is 1. The highest BCUT2D eigenvalue weighted by molar-refractivity contribution is 5.87. The molecule has 3 nitrogen and oxygen atoms in total. The molecule has 2 unspecified atom stereocenters. The number of hydrogen-bond donors (Lipinski definition) is 0. The van der Waals surface area contributed by atoms with Crippen LogP contribution in [0.2, 0.25) is 0 Å². The van der Waals surface area contributed by atoms with Crippen molar-refractivity contribution in [3.63, 3.8) is 0 Å². The van der Waals surface area contributed by atoms with E-state index < -0.39 is 5.92 Å². The second-order valence-corrected chi connectivity index (χ2v) is 4.96. The average Bonchev–Trinajstić information content (AvgIpc) is 2.98. The monoisotopic (exact) mass is 257 g/mol. The van der Waals surface area contributed by atoms with Crippen LogP contribution in [-0.4, -0.2) is 18.5 Å². The summed E-state index contributed by atoms with van der Waals surface area (Å²) >= 11 is 0. The van der Waals surface area contributed by atoms with E-state index in [9.17, 15) is 4.79 Å². The largest absolute Gasteiger partial charge is 0.370 e. The zero-order valence-electron chi connectivity index (χ0n) is 11.0. The highest BCUT2D eigenvalue weighted by atomic mass is 16.5. The topological polar surface area (TPSA) is 50.1 Å². The molecule has 3 heteroatoms. The Bertz CT molecular complexity index is 444. The molecule has 0 spiro atoms. The van der Waals surface area contributed by atoms with Gasteiger partial charge in [-0.15, -0.1) is 0 Å². The Morgan fingerprint density at radius 1 is 1.42 bits per heavy atom. The molecule has 1 aromatic rings. The first-order valence-electron chi connectivity index (χ1n) is 6.90. The second-order valence-electron chi connectivity index (χ2n) is 4.96. The lowest BCUT2D eigenvalue weighted by Gasteiger charge is -2.12. The van der Waals surface area contributed by atoms with E-state index in [1.165, 1.54) is 5.56 Å². The Labute approximate surface area is 114 Å². The van der Waals surface area contributed by atoms with Crippen LogP contribution >= 0.6 is 0 Å². The summed E-state index contributed by atoms with van der Waals surface area (Å²) in [5.41, 5.74) is 1.25. The molecular weight excluding hydrogens is 238 g/mol. The number of carbonyl (C=O) groups is 1. The number of Topliss-reactive ketones (excluding diaryl/α,β-unsaturated/α-hetero) is 1. The standard InChI is InChI=1S/C16H19NO2/c17-12-14(16(18)15-10-5-11-19-15)9-4-8-13-6-2-1-3-7-13/h1-3,6-7,14-15H,4-5,8-11H2. The molecule has 1 saturated heterocycles. The average molecular weight is 257 g/mol. The van der Waals surface area contributed by atoms with E-state index in [1.54, 1.807) is 0 Å².